The van der Waals surface area contributed by atoms with E-state index in [-0.39, 0.29) is 17.3 Å². The van der Waals surface area contributed by atoms with Crippen LogP contribution < -0.4 is 4.90 Å². The van der Waals surface area contributed by atoms with Crippen LogP contribution in [0, 0.1) is 18.3 Å². The zero-order valence-corrected chi connectivity index (χ0v) is 13.7. The highest BCUT2D eigenvalue weighted by atomic mass is 32.1. The lowest BCUT2D eigenvalue weighted by Crippen LogP contribution is -2.36. The highest BCUT2D eigenvalue weighted by Gasteiger charge is 2.59. The predicted octanol–water partition coefficient (Wildman–Crippen LogP) is 2.78. The minimum Gasteiger partial charge on any atom is -0.469 e. The Labute approximate surface area is 133 Å². The standard InChI is InChI=1S/C16H19N3O2S/c1-10-8-22-13-12(10)17-9-18-14(13)19-5-3-16(4-6-19)7-11(16)15(20)21-2/h8-9,11H,3-7H2,1-2H3. The van der Waals surface area contributed by atoms with E-state index in [1.165, 1.54) is 17.4 Å². The Morgan fingerprint density at radius 1 is 1.41 bits per heavy atom. The van der Waals surface area contributed by atoms with Crippen molar-refractivity contribution < 1.29 is 9.53 Å². The molecule has 3 heterocycles. The second-order valence-electron chi connectivity index (χ2n) is 6.42. The van der Waals surface area contributed by atoms with E-state index < -0.39 is 0 Å². The Bertz CT molecular complexity index is 734. The maximum absolute atomic E-state index is 11.7. The minimum atomic E-state index is -0.0354. The Morgan fingerprint density at radius 3 is 2.91 bits per heavy atom. The zero-order valence-electron chi connectivity index (χ0n) is 12.8. The molecule has 0 radical (unpaired) electrons. The monoisotopic (exact) mass is 317 g/mol. The average Bonchev–Trinajstić information content (AvgIpc) is 3.12. The molecule has 1 aliphatic carbocycles. The molecule has 2 aromatic rings. The van der Waals surface area contributed by atoms with Crippen LogP contribution in [0.15, 0.2) is 11.7 Å². The molecule has 1 atom stereocenters. The van der Waals surface area contributed by atoms with Gasteiger partial charge in [-0.1, -0.05) is 0 Å². The van der Waals surface area contributed by atoms with E-state index in [4.69, 9.17) is 4.74 Å². The first-order valence-electron chi connectivity index (χ1n) is 7.66. The third kappa shape index (κ3) is 2.00. The fourth-order valence-corrected chi connectivity index (χ4v) is 4.74. The number of hydrogen-bond donors (Lipinski definition) is 0. The minimum absolute atomic E-state index is 0.0354. The summed E-state index contributed by atoms with van der Waals surface area (Å²) in [7, 11) is 1.49. The molecule has 0 aromatic carbocycles. The number of carbonyl (C=O) groups is 1. The van der Waals surface area contributed by atoms with Crippen molar-refractivity contribution in [2.24, 2.45) is 11.3 Å². The largest absolute Gasteiger partial charge is 0.469 e. The quantitative estimate of drug-likeness (QED) is 0.797. The Balaban J connectivity index is 1.53. The van der Waals surface area contributed by atoms with Gasteiger partial charge in [-0.15, -0.1) is 11.3 Å². The molecular formula is C16H19N3O2S. The summed E-state index contributed by atoms with van der Waals surface area (Å²) in [5.41, 5.74) is 2.47. The van der Waals surface area contributed by atoms with Gasteiger partial charge in [-0.2, -0.15) is 0 Å². The molecule has 0 N–H and O–H groups in total. The van der Waals surface area contributed by atoms with E-state index in [1.54, 1.807) is 17.7 Å². The van der Waals surface area contributed by atoms with E-state index in [1.807, 2.05) is 0 Å². The molecule has 6 heteroatoms. The zero-order chi connectivity index (χ0) is 15.3. The topological polar surface area (TPSA) is 55.3 Å². The molecule has 116 valence electrons. The highest BCUT2D eigenvalue weighted by molar-refractivity contribution is 7.18. The van der Waals surface area contributed by atoms with Gasteiger partial charge in [0.1, 0.15) is 12.1 Å². The van der Waals surface area contributed by atoms with Crippen LogP contribution in [0.5, 0.6) is 0 Å². The predicted molar refractivity (Wildman–Crippen MR) is 86.2 cm³/mol. The number of piperidine rings is 1. The summed E-state index contributed by atoms with van der Waals surface area (Å²) in [5.74, 6) is 1.13. The molecule has 2 aromatic heterocycles. The number of esters is 1. The maximum atomic E-state index is 11.7. The molecule has 1 saturated heterocycles. The summed E-state index contributed by atoms with van der Waals surface area (Å²) in [5, 5.41) is 2.14. The number of nitrogens with zero attached hydrogens (tertiary/aromatic N) is 3. The first kappa shape index (κ1) is 13.9. The fourth-order valence-electron chi connectivity index (χ4n) is 3.72. The Morgan fingerprint density at radius 2 is 2.18 bits per heavy atom. The normalized spacial score (nSPS) is 23.0. The molecule has 1 spiro atoms. The van der Waals surface area contributed by atoms with Gasteiger partial charge in [-0.3, -0.25) is 4.79 Å². The summed E-state index contributed by atoms with van der Waals surface area (Å²) < 4.78 is 6.08. The Hall–Kier alpha value is -1.69. The molecule has 1 aliphatic heterocycles. The molecular weight excluding hydrogens is 298 g/mol. The van der Waals surface area contributed by atoms with Gasteiger partial charge in [0.25, 0.3) is 0 Å². The van der Waals surface area contributed by atoms with Gasteiger partial charge in [-0.25, -0.2) is 9.97 Å². The van der Waals surface area contributed by atoms with Crippen LogP contribution in [0.2, 0.25) is 0 Å². The van der Waals surface area contributed by atoms with Gasteiger partial charge < -0.3 is 9.64 Å². The number of aromatic nitrogens is 2. The second-order valence-corrected chi connectivity index (χ2v) is 7.30. The van der Waals surface area contributed by atoms with Crippen LogP contribution in [-0.2, 0) is 9.53 Å². The number of hydrogen-bond acceptors (Lipinski definition) is 6. The van der Waals surface area contributed by atoms with Crippen molar-refractivity contribution in [2.75, 3.05) is 25.1 Å². The van der Waals surface area contributed by atoms with Crippen LogP contribution in [-0.4, -0.2) is 36.1 Å². The van der Waals surface area contributed by atoms with Crippen molar-refractivity contribution in [3.63, 3.8) is 0 Å². The summed E-state index contributed by atoms with van der Waals surface area (Å²) in [6.07, 6.45) is 4.74. The van der Waals surface area contributed by atoms with Gasteiger partial charge in [0.15, 0.2) is 0 Å². The van der Waals surface area contributed by atoms with Crippen molar-refractivity contribution >= 4 is 33.3 Å². The van der Waals surface area contributed by atoms with E-state index in [2.05, 4.69) is 27.2 Å². The van der Waals surface area contributed by atoms with Crippen molar-refractivity contribution in [3.05, 3.63) is 17.3 Å². The van der Waals surface area contributed by atoms with Crippen LogP contribution in [0.25, 0.3) is 10.2 Å². The van der Waals surface area contributed by atoms with Crippen LogP contribution >= 0.6 is 11.3 Å². The average molecular weight is 317 g/mol. The van der Waals surface area contributed by atoms with Crippen LogP contribution in [0.1, 0.15) is 24.8 Å². The number of methoxy groups -OCH3 is 1. The second kappa shape index (κ2) is 4.91. The van der Waals surface area contributed by atoms with Crippen LogP contribution in [0.3, 0.4) is 0 Å². The molecule has 0 bridgehead atoms. The number of thiophene rings is 1. The lowest BCUT2D eigenvalue weighted by atomic mass is 9.91. The summed E-state index contributed by atoms with van der Waals surface area (Å²) in [6.45, 7) is 4.00. The summed E-state index contributed by atoms with van der Waals surface area (Å²) in [6, 6.07) is 0. The third-order valence-corrected chi connectivity index (χ3v) is 6.33. The van der Waals surface area contributed by atoms with E-state index >= 15 is 0 Å². The fraction of sp³-hybridized carbons (Fsp3) is 0.562. The molecule has 1 unspecified atom stereocenters. The molecule has 0 amide bonds. The van der Waals surface area contributed by atoms with Gasteiger partial charge in [-0.05, 0) is 42.5 Å². The lowest BCUT2D eigenvalue weighted by molar-refractivity contribution is -0.143. The number of anilines is 1. The van der Waals surface area contributed by atoms with Gasteiger partial charge in [0.05, 0.1) is 23.2 Å². The first-order valence-corrected chi connectivity index (χ1v) is 8.54. The SMILES string of the molecule is COC(=O)C1CC12CCN(c1ncnc3c(C)csc13)CC2. The van der Waals surface area contributed by atoms with Gasteiger partial charge in [0, 0.05) is 13.1 Å². The molecule has 22 heavy (non-hydrogen) atoms. The van der Waals surface area contributed by atoms with Crippen molar-refractivity contribution in [2.45, 2.75) is 26.2 Å². The van der Waals surface area contributed by atoms with E-state index in [0.717, 1.165) is 43.7 Å². The number of aryl methyl sites for hydroxylation is 1. The van der Waals surface area contributed by atoms with Crippen LogP contribution in [0.4, 0.5) is 5.82 Å². The van der Waals surface area contributed by atoms with Gasteiger partial charge in [0.2, 0.25) is 0 Å². The number of ether oxygens (including phenoxy) is 1. The highest BCUT2D eigenvalue weighted by Crippen LogP contribution is 2.60. The van der Waals surface area contributed by atoms with E-state index in [9.17, 15) is 4.79 Å². The van der Waals surface area contributed by atoms with Gasteiger partial charge >= 0.3 is 5.97 Å². The van der Waals surface area contributed by atoms with Crippen molar-refractivity contribution in [1.82, 2.24) is 9.97 Å². The summed E-state index contributed by atoms with van der Waals surface area (Å²) >= 11 is 1.72. The third-order valence-electron chi connectivity index (χ3n) is 5.25. The molecule has 1 saturated carbocycles. The first-order chi connectivity index (χ1) is 10.6. The van der Waals surface area contributed by atoms with Crippen molar-refractivity contribution in [3.8, 4) is 0 Å². The van der Waals surface area contributed by atoms with E-state index in [0.29, 0.717) is 0 Å². The smallest absolute Gasteiger partial charge is 0.309 e. The number of carbonyl (C=O) groups excluding carboxylic acids is 1. The molecule has 5 nitrogen and oxygen atoms in total. The van der Waals surface area contributed by atoms with Crippen molar-refractivity contribution in [1.29, 1.82) is 0 Å². The lowest BCUT2D eigenvalue weighted by Gasteiger charge is -2.33. The molecule has 4 rings (SSSR count). The molecule has 2 aliphatic rings. The molecule has 2 fully saturated rings. The summed E-state index contributed by atoms with van der Waals surface area (Å²) in [4.78, 5) is 23.0. The Kier molecular flexibility index (Phi) is 3.11. The maximum Gasteiger partial charge on any atom is 0.309 e. The number of fused-ring (bicyclic) bond motifs is 1. The number of rotatable bonds is 2.